The molecule has 2 fully saturated rings. The van der Waals surface area contributed by atoms with Crippen LogP contribution in [0.5, 0.6) is 0 Å². The molecule has 2 saturated carbocycles. The topological polar surface area (TPSA) is 17.1 Å². The molecule has 0 N–H and O–H groups in total. The molecule has 0 saturated heterocycles. The number of hydrogen-bond donors (Lipinski definition) is 0. The van der Waals surface area contributed by atoms with Crippen molar-refractivity contribution >= 4 is 6.29 Å². The van der Waals surface area contributed by atoms with Crippen LogP contribution in [0.1, 0.15) is 45.4 Å². The van der Waals surface area contributed by atoms with E-state index >= 15 is 0 Å². The monoisotopic (exact) mass is 216 g/mol. The van der Waals surface area contributed by atoms with Crippen LogP contribution in [0, 0.1) is 17.3 Å². The van der Waals surface area contributed by atoms with Gasteiger partial charge in [-0.15, -0.1) is 0 Å². The van der Waals surface area contributed by atoms with Crippen molar-refractivity contribution in [3.8, 4) is 0 Å². The predicted octanol–water partition coefficient (Wildman–Crippen LogP) is 3.43. The van der Waals surface area contributed by atoms with Crippen molar-refractivity contribution in [2.75, 3.05) is 0 Å². The van der Waals surface area contributed by atoms with Crippen molar-refractivity contribution in [1.29, 1.82) is 0 Å². The number of carbonyl (C=O) groups excluding carboxylic acids is 1. The van der Waals surface area contributed by atoms with Crippen LogP contribution in [-0.4, -0.2) is 12.2 Å². The van der Waals surface area contributed by atoms with Crippen molar-refractivity contribution in [2.24, 2.45) is 17.3 Å². The van der Waals surface area contributed by atoms with Gasteiger partial charge in [0, 0.05) is 17.8 Å². The summed E-state index contributed by atoms with van der Waals surface area (Å²) in [5.74, 6) is -2.73. The van der Waals surface area contributed by atoms with E-state index < -0.39 is 17.3 Å². The fourth-order valence-corrected chi connectivity index (χ4v) is 2.91. The highest BCUT2D eigenvalue weighted by molar-refractivity contribution is 5.60. The first kappa shape index (κ1) is 11.0. The maximum atomic E-state index is 12.9. The molecule has 0 aromatic carbocycles. The second kappa shape index (κ2) is 3.53. The number of rotatable bonds is 3. The van der Waals surface area contributed by atoms with Crippen molar-refractivity contribution < 1.29 is 13.6 Å². The number of aldehydes is 1. The SMILES string of the molecule is CC1CCCCC1(C=O)CC1CC1(F)F. The second-order valence-electron chi connectivity index (χ2n) is 5.36. The van der Waals surface area contributed by atoms with Crippen LogP contribution in [0.2, 0.25) is 0 Å². The van der Waals surface area contributed by atoms with Crippen molar-refractivity contribution in [1.82, 2.24) is 0 Å². The first-order chi connectivity index (χ1) is 7.00. The molecule has 2 aliphatic rings. The molecule has 0 radical (unpaired) electrons. The minimum absolute atomic E-state index is 0.00465. The number of hydrogen-bond acceptors (Lipinski definition) is 1. The Morgan fingerprint density at radius 2 is 2.07 bits per heavy atom. The van der Waals surface area contributed by atoms with Gasteiger partial charge in [0.2, 0.25) is 0 Å². The average molecular weight is 216 g/mol. The summed E-state index contributed by atoms with van der Waals surface area (Å²) in [6.07, 6.45) is 5.34. The first-order valence-corrected chi connectivity index (χ1v) is 5.84. The number of halogens is 2. The minimum atomic E-state index is -2.48. The molecule has 1 nitrogen and oxygen atoms in total. The molecule has 0 heterocycles. The normalized spacial score (nSPS) is 43.7. The van der Waals surface area contributed by atoms with Gasteiger partial charge in [0.1, 0.15) is 6.29 Å². The molecule has 2 rings (SSSR count). The Kier molecular flexibility index (Phi) is 2.60. The fraction of sp³-hybridized carbons (Fsp3) is 0.917. The second-order valence-corrected chi connectivity index (χ2v) is 5.36. The van der Waals surface area contributed by atoms with Crippen LogP contribution < -0.4 is 0 Å². The third-order valence-corrected chi connectivity index (χ3v) is 4.33. The summed E-state index contributed by atoms with van der Waals surface area (Å²) >= 11 is 0. The van der Waals surface area contributed by atoms with Crippen LogP contribution >= 0.6 is 0 Å². The summed E-state index contributed by atoms with van der Waals surface area (Å²) in [4.78, 5) is 11.2. The lowest BCUT2D eigenvalue weighted by Crippen LogP contribution is -2.34. The van der Waals surface area contributed by atoms with Gasteiger partial charge in [-0.1, -0.05) is 19.8 Å². The maximum Gasteiger partial charge on any atom is 0.251 e. The van der Waals surface area contributed by atoms with Gasteiger partial charge in [-0.2, -0.15) is 0 Å². The fourth-order valence-electron chi connectivity index (χ4n) is 2.91. The highest BCUT2D eigenvalue weighted by atomic mass is 19.3. The maximum absolute atomic E-state index is 12.9. The smallest absolute Gasteiger partial charge is 0.251 e. The molecule has 0 amide bonds. The van der Waals surface area contributed by atoms with Gasteiger partial charge >= 0.3 is 0 Å². The molecule has 0 aromatic rings. The molecule has 86 valence electrons. The lowest BCUT2D eigenvalue weighted by atomic mass is 9.65. The van der Waals surface area contributed by atoms with Gasteiger partial charge in [0.05, 0.1) is 0 Å². The summed E-state index contributed by atoms with van der Waals surface area (Å²) in [5, 5.41) is 0. The average Bonchev–Trinajstić information content (AvgIpc) is 2.78. The predicted molar refractivity (Wildman–Crippen MR) is 53.8 cm³/mol. The van der Waals surface area contributed by atoms with Crippen molar-refractivity contribution in [2.45, 2.75) is 51.4 Å². The molecule has 0 aliphatic heterocycles. The molecule has 15 heavy (non-hydrogen) atoms. The van der Waals surface area contributed by atoms with E-state index in [1.54, 1.807) is 0 Å². The largest absolute Gasteiger partial charge is 0.303 e. The molecule has 3 unspecified atom stereocenters. The van der Waals surface area contributed by atoms with E-state index in [0.717, 1.165) is 32.0 Å². The Bertz CT molecular complexity index is 264. The van der Waals surface area contributed by atoms with Crippen molar-refractivity contribution in [3.63, 3.8) is 0 Å². The van der Waals surface area contributed by atoms with Gasteiger partial charge < -0.3 is 4.79 Å². The zero-order chi connectivity index (χ0) is 11.1. The summed E-state index contributed by atoms with van der Waals surface area (Å²) in [7, 11) is 0. The highest BCUT2D eigenvalue weighted by Crippen LogP contribution is 2.57. The van der Waals surface area contributed by atoms with Crippen molar-refractivity contribution in [3.05, 3.63) is 0 Å². The summed E-state index contributed by atoms with van der Waals surface area (Å²) in [6, 6.07) is 0. The van der Waals surface area contributed by atoms with Gasteiger partial charge in [0.15, 0.2) is 0 Å². The van der Waals surface area contributed by atoms with E-state index in [2.05, 4.69) is 0 Å². The highest BCUT2D eigenvalue weighted by Gasteiger charge is 2.59. The zero-order valence-corrected chi connectivity index (χ0v) is 9.14. The van der Waals surface area contributed by atoms with Crippen LogP contribution in [-0.2, 0) is 4.79 Å². The Hall–Kier alpha value is -0.470. The Labute approximate surface area is 89.2 Å². The molecule has 3 heteroatoms. The molecule has 2 aliphatic carbocycles. The van der Waals surface area contributed by atoms with Crippen LogP contribution in [0.15, 0.2) is 0 Å². The van der Waals surface area contributed by atoms with E-state index in [1.807, 2.05) is 6.92 Å². The van der Waals surface area contributed by atoms with Gasteiger partial charge in [-0.05, 0) is 25.2 Å². The van der Waals surface area contributed by atoms with E-state index in [0.29, 0.717) is 6.42 Å². The molecule has 3 atom stereocenters. The Balaban J connectivity index is 2.04. The zero-order valence-electron chi connectivity index (χ0n) is 9.14. The Morgan fingerprint density at radius 3 is 2.53 bits per heavy atom. The van der Waals surface area contributed by atoms with E-state index in [9.17, 15) is 13.6 Å². The third kappa shape index (κ3) is 1.93. The summed E-state index contributed by atoms with van der Waals surface area (Å²) in [5.41, 5.74) is -0.442. The van der Waals surface area contributed by atoms with E-state index in [-0.39, 0.29) is 12.3 Å². The van der Waals surface area contributed by atoms with Gasteiger partial charge in [-0.25, -0.2) is 8.78 Å². The molecule has 0 bridgehead atoms. The first-order valence-electron chi connectivity index (χ1n) is 5.84. The molecule has 0 spiro atoms. The summed E-state index contributed by atoms with van der Waals surface area (Å²) < 4.78 is 25.7. The number of carbonyl (C=O) groups is 1. The molecular weight excluding hydrogens is 198 g/mol. The van der Waals surface area contributed by atoms with Gasteiger partial charge in [0.25, 0.3) is 5.92 Å². The lowest BCUT2D eigenvalue weighted by molar-refractivity contribution is -0.122. The summed E-state index contributed by atoms with van der Waals surface area (Å²) in [6.45, 7) is 2.04. The quantitative estimate of drug-likeness (QED) is 0.660. The third-order valence-electron chi connectivity index (χ3n) is 4.33. The lowest BCUT2D eigenvalue weighted by Gasteiger charge is -2.38. The molecule has 0 aromatic heterocycles. The van der Waals surface area contributed by atoms with Crippen LogP contribution in [0.25, 0.3) is 0 Å². The van der Waals surface area contributed by atoms with Crippen LogP contribution in [0.3, 0.4) is 0 Å². The van der Waals surface area contributed by atoms with E-state index in [4.69, 9.17) is 0 Å². The van der Waals surface area contributed by atoms with Crippen LogP contribution in [0.4, 0.5) is 8.78 Å². The van der Waals surface area contributed by atoms with Gasteiger partial charge in [-0.3, -0.25) is 0 Å². The molecular formula is C12H18F2O. The minimum Gasteiger partial charge on any atom is -0.303 e. The number of alkyl halides is 2. The standard InChI is InChI=1S/C12H18F2O/c1-9-4-2-3-5-11(9,8-15)6-10-7-12(10,13)14/h8-10H,2-7H2,1H3. The van der Waals surface area contributed by atoms with E-state index in [1.165, 1.54) is 0 Å². The Morgan fingerprint density at radius 1 is 1.40 bits per heavy atom.